The van der Waals surface area contributed by atoms with Crippen molar-refractivity contribution < 1.29 is 4.39 Å². The highest BCUT2D eigenvalue weighted by molar-refractivity contribution is 7.99. The summed E-state index contributed by atoms with van der Waals surface area (Å²) in [7, 11) is 0. The van der Waals surface area contributed by atoms with Crippen LogP contribution in [0.2, 0.25) is 0 Å². The summed E-state index contributed by atoms with van der Waals surface area (Å²) in [5.41, 5.74) is 1.57. The van der Waals surface area contributed by atoms with Gasteiger partial charge in [0.25, 0.3) is 0 Å². The summed E-state index contributed by atoms with van der Waals surface area (Å²) in [4.78, 5) is 8.82. The topological polar surface area (TPSA) is 37.8 Å². The van der Waals surface area contributed by atoms with Crippen molar-refractivity contribution in [2.75, 3.05) is 5.75 Å². The zero-order chi connectivity index (χ0) is 16.8. The van der Waals surface area contributed by atoms with Gasteiger partial charge in [0.05, 0.1) is 0 Å². The maximum absolute atomic E-state index is 14.3. The fraction of sp³-hybridized carbons (Fsp3) is 0.474. The van der Waals surface area contributed by atoms with Gasteiger partial charge < -0.3 is 5.32 Å². The predicted molar refractivity (Wildman–Crippen MR) is 96.4 cm³/mol. The van der Waals surface area contributed by atoms with Crippen molar-refractivity contribution in [1.82, 2.24) is 15.3 Å². The van der Waals surface area contributed by atoms with E-state index >= 15 is 0 Å². The third-order valence-electron chi connectivity index (χ3n) is 4.59. The molecule has 128 valence electrons. The van der Waals surface area contributed by atoms with Crippen LogP contribution in [0.15, 0.2) is 41.8 Å². The Balaban J connectivity index is 1.70. The van der Waals surface area contributed by atoms with E-state index in [0.717, 1.165) is 54.1 Å². The van der Waals surface area contributed by atoms with E-state index in [4.69, 9.17) is 0 Å². The molecule has 1 heterocycles. The van der Waals surface area contributed by atoms with Gasteiger partial charge in [0, 0.05) is 41.4 Å². The van der Waals surface area contributed by atoms with E-state index in [-0.39, 0.29) is 11.4 Å². The molecule has 0 bridgehead atoms. The second-order valence-corrected chi connectivity index (χ2v) is 7.41. The van der Waals surface area contributed by atoms with E-state index in [1.807, 2.05) is 24.5 Å². The van der Waals surface area contributed by atoms with Crippen LogP contribution in [0.1, 0.15) is 50.2 Å². The van der Waals surface area contributed by atoms with Gasteiger partial charge in [0.2, 0.25) is 0 Å². The van der Waals surface area contributed by atoms with Crippen molar-refractivity contribution >= 4 is 11.8 Å². The summed E-state index contributed by atoms with van der Waals surface area (Å²) in [6, 6.07) is 7.14. The molecule has 1 aromatic carbocycles. The van der Waals surface area contributed by atoms with E-state index in [2.05, 4.69) is 22.2 Å². The zero-order valence-corrected chi connectivity index (χ0v) is 14.9. The molecule has 1 aliphatic rings. The molecule has 3 rings (SSSR count). The first-order valence-corrected chi connectivity index (χ1v) is 9.66. The van der Waals surface area contributed by atoms with Gasteiger partial charge in [-0.25, -0.2) is 14.4 Å². The van der Waals surface area contributed by atoms with Crippen LogP contribution in [-0.2, 0) is 12.1 Å². The Morgan fingerprint density at radius 3 is 2.54 bits per heavy atom. The maximum Gasteiger partial charge on any atom is 0.187 e. The summed E-state index contributed by atoms with van der Waals surface area (Å²) < 4.78 is 14.3. The minimum atomic E-state index is -0.263. The molecule has 0 unspecified atom stereocenters. The maximum atomic E-state index is 14.3. The molecule has 0 saturated heterocycles. The molecule has 1 aromatic heterocycles. The number of aromatic nitrogens is 2. The quantitative estimate of drug-likeness (QED) is 0.584. The summed E-state index contributed by atoms with van der Waals surface area (Å²) >= 11 is 1.68. The molecule has 0 spiro atoms. The van der Waals surface area contributed by atoms with Crippen LogP contribution in [0.5, 0.6) is 0 Å². The van der Waals surface area contributed by atoms with Gasteiger partial charge in [0.1, 0.15) is 5.82 Å². The summed E-state index contributed by atoms with van der Waals surface area (Å²) in [5, 5.41) is 4.43. The molecule has 3 nitrogen and oxygen atoms in total. The number of thioether (sulfide) groups is 1. The minimum Gasteiger partial charge on any atom is -0.303 e. The van der Waals surface area contributed by atoms with Gasteiger partial charge in [-0.15, -0.1) is 0 Å². The van der Waals surface area contributed by atoms with Crippen LogP contribution in [0.4, 0.5) is 4.39 Å². The van der Waals surface area contributed by atoms with Crippen molar-refractivity contribution in [3.8, 4) is 0 Å². The standard InChI is InChI=1S/C19H24FN3S/c1-2-11-24-18-21-12-15(13-22-18)14-23-19(9-5-6-10-19)16-7-3-4-8-17(16)20/h3-4,7-8,12-13,23H,2,5-6,9-11,14H2,1H3. The third-order valence-corrected chi connectivity index (χ3v) is 5.68. The van der Waals surface area contributed by atoms with E-state index in [1.165, 1.54) is 0 Å². The number of hydrogen-bond donors (Lipinski definition) is 1. The SMILES string of the molecule is CCCSc1ncc(CNC2(c3ccccc3F)CCCC2)cn1. The largest absolute Gasteiger partial charge is 0.303 e. The monoisotopic (exact) mass is 345 g/mol. The molecule has 2 aromatic rings. The lowest BCUT2D eigenvalue weighted by molar-refractivity contribution is 0.325. The van der Waals surface area contributed by atoms with Gasteiger partial charge in [-0.3, -0.25) is 0 Å². The smallest absolute Gasteiger partial charge is 0.187 e. The third kappa shape index (κ3) is 3.95. The Hall–Kier alpha value is -1.46. The molecule has 0 atom stereocenters. The van der Waals surface area contributed by atoms with Crippen LogP contribution < -0.4 is 5.32 Å². The summed E-state index contributed by atoms with van der Waals surface area (Å²) in [5.74, 6) is 0.919. The molecule has 24 heavy (non-hydrogen) atoms. The van der Waals surface area contributed by atoms with Crippen molar-refractivity contribution in [2.24, 2.45) is 0 Å². The fourth-order valence-electron chi connectivity index (χ4n) is 3.34. The summed E-state index contributed by atoms with van der Waals surface area (Å²) in [6.07, 6.45) is 9.07. The van der Waals surface area contributed by atoms with Gasteiger partial charge in [-0.1, -0.05) is 49.7 Å². The van der Waals surface area contributed by atoms with E-state index in [0.29, 0.717) is 6.54 Å². The van der Waals surface area contributed by atoms with Gasteiger partial charge in [-0.2, -0.15) is 0 Å². The lowest BCUT2D eigenvalue weighted by atomic mass is 9.87. The molecule has 0 aliphatic heterocycles. The highest BCUT2D eigenvalue weighted by Gasteiger charge is 2.36. The molecule has 0 radical (unpaired) electrons. The average Bonchev–Trinajstić information content (AvgIpc) is 3.09. The first-order valence-electron chi connectivity index (χ1n) is 8.67. The number of nitrogens with zero attached hydrogens (tertiary/aromatic N) is 2. The molecular formula is C19H24FN3S. The van der Waals surface area contributed by atoms with E-state index in [9.17, 15) is 4.39 Å². The molecular weight excluding hydrogens is 321 g/mol. The fourth-order valence-corrected chi connectivity index (χ4v) is 3.98. The van der Waals surface area contributed by atoms with Crippen LogP contribution in [0.25, 0.3) is 0 Å². The Labute approximate surface area is 147 Å². The lowest BCUT2D eigenvalue weighted by Gasteiger charge is -2.31. The molecule has 5 heteroatoms. The molecule has 1 saturated carbocycles. The minimum absolute atomic E-state index is 0.116. The molecule has 1 N–H and O–H groups in total. The molecule has 0 amide bonds. The Morgan fingerprint density at radius 1 is 1.17 bits per heavy atom. The van der Waals surface area contributed by atoms with Crippen molar-refractivity contribution in [3.63, 3.8) is 0 Å². The highest BCUT2D eigenvalue weighted by Crippen LogP contribution is 2.40. The van der Waals surface area contributed by atoms with Crippen molar-refractivity contribution in [1.29, 1.82) is 0 Å². The predicted octanol–water partition coefficient (Wildman–Crippen LogP) is 4.68. The van der Waals surface area contributed by atoms with Crippen LogP contribution in [-0.4, -0.2) is 15.7 Å². The number of nitrogens with one attached hydrogen (secondary N) is 1. The van der Waals surface area contributed by atoms with E-state index < -0.39 is 0 Å². The van der Waals surface area contributed by atoms with Crippen molar-refractivity contribution in [3.05, 3.63) is 53.6 Å². The highest BCUT2D eigenvalue weighted by atomic mass is 32.2. The molecule has 1 aliphatic carbocycles. The van der Waals surface area contributed by atoms with Crippen LogP contribution >= 0.6 is 11.8 Å². The van der Waals surface area contributed by atoms with Gasteiger partial charge in [-0.05, 0) is 25.3 Å². The lowest BCUT2D eigenvalue weighted by Crippen LogP contribution is -2.40. The van der Waals surface area contributed by atoms with Crippen LogP contribution in [0.3, 0.4) is 0 Å². The number of hydrogen-bond acceptors (Lipinski definition) is 4. The number of rotatable bonds is 7. The van der Waals surface area contributed by atoms with Crippen molar-refractivity contribution in [2.45, 2.75) is 56.3 Å². The number of benzene rings is 1. The second kappa shape index (κ2) is 8.08. The Morgan fingerprint density at radius 2 is 1.88 bits per heavy atom. The Bertz CT molecular complexity index is 654. The average molecular weight is 345 g/mol. The Kier molecular flexibility index (Phi) is 5.85. The second-order valence-electron chi connectivity index (χ2n) is 6.34. The van der Waals surface area contributed by atoms with Crippen LogP contribution in [0, 0.1) is 5.82 Å². The normalized spacial score (nSPS) is 16.4. The summed E-state index contributed by atoms with van der Waals surface area (Å²) in [6.45, 7) is 2.81. The van der Waals surface area contributed by atoms with E-state index in [1.54, 1.807) is 23.9 Å². The van der Waals surface area contributed by atoms with Gasteiger partial charge >= 0.3 is 0 Å². The zero-order valence-electron chi connectivity index (χ0n) is 14.1. The first-order chi connectivity index (χ1) is 11.7. The first kappa shape index (κ1) is 17.4. The number of halogens is 1. The van der Waals surface area contributed by atoms with Gasteiger partial charge in [0.15, 0.2) is 5.16 Å². The molecule has 1 fully saturated rings.